The van der Waals surface area contributed by atoms with Crippen molar-refractivity contribution < 1.29 is 9.84 Å². The number of hydrogen-bond acceptors (Lipinski definition) is 3. The lowest BCUT2D eigenvalue weighted by molar-refractivity contribution is 0.408. The van der Waals surface area contributed by atoms with E-state index in [-0.39, 0.29) is 5.75 Å². The van der Waals surface area contributed by atoms with E-state index in [1.165, 1.54) is 0 Å². The van der Waals surface area contributed by atoms with Gasteiger partial charge in [0, 0.05) is 23.5 Å². The number of benzene rings is 2. The van der Waals surface area contributed by atoms with E-state index in [0.29, 0.717) is 6.54 Å². The second kappa shape index (κ2) is 5.71. The maximum absolute atomic E-state index is 9.38. The largest absolute Gasteiger partial charge is 0.508 e. The fourth-order valence-electron chi connectivity index (χ4n) is 2.32. The van der Waals surface area contributed by atoms with Crippen LogP contribution in [0.1, 0.15) is 5.56 Å². The van der Waals surface area contributed by atoms with Crippen molar-refractivity contribution in [2.75, 3.05) is 7.11 Å². The SMILES string of the molecule is COc1ccccc1Cn1ccnc1-c1ccc(O)cc1. The summed E-state index contributed by atoms with van der Waals surface area (Å²) in [7, 11) is 1.67. The summed E-state index contributed by atoms with van der Waals surface area (Å²) in [4.78, 5) is 4.41. The summed E-state index contributed by atoms with van der Waals surface area (Å²) in [6.07, 6.45) is 3.71. The number of phenolic OH excluding ortho intramolecular Hbond substituents is 1. The van der Waals surface area contributed by atoms with Gasteiger partial charge in [-0.05, 0) is 30.3 Å². The van der Waals surface area contributed by atoms with Gasteiger partial charge in [0.2, 0.25) is 0 Å². The minimum Gasteiger partial charge on any atom is -0.508 e. The maximum Gasteiger partial charge on any atom is 0.140 e. The summed E-state index contributed by atoms with van der Waals surface area (Å²) in [5.74, 6) is 1.98. The third kappa shape index (κ3) is 2.74. The molecule has 0 radical (unpaired) electrons. The van der Waals surface area contributed by atoms with Gasteiger partial charge in [-0.3, -0.25) is 0 Å². The predicted molar refractivity (Wildman–Crippen MR) is 81.4 cm³/mol. The summed E-state index contributed by atoms with van der Waals surface area (Å²) in [5, 5.41) is 9.38. The first kappa shape index (κ1) is 13.2. The number of rotatable bonds is 4. The standard InChI is InChI=1S/C17H16N2O2/c1-21-16-5-3-2-4-14(16)12-19-11-10-18-17(19)13-6-8-15(20)9-7-13/h2-11,20H,12H2,1H3. The molecule has 0 amide bonds. The molecule has 0 bridgehead atoms. The van der Waals surface area contributed by atoms with Crippen molar-refractivity contribution in [2.45, 2.75) is 6.54 Å². The number of hydrogen-bond donors (Lipinski definition) is 1. The molecule has 0 atom stereocenters. The van der Waals surface area contributed by atoms with Gasteiger partial charge in [-0.1, -0.05) is 18.2 Å². The molecule has 21 heavy (non-hydrogen) atoms. The number of aromatic hydroxyl groups is 1. The molecule has 0 saturated heterocycles. The summed E-state index contributed by atoms with van der Waals surface area (Å²) in [5.41, 5.74) is 2.06. The molecule has 0 unspecified atom stereocenters. The molecule has 3 rings (SSSR count). The van der Waals surface area contributed by atoms with E-state index in [1.807, 2.05) is 42.6 Å². The highest BCUT2D eigenvalue weighted by Gasteiger charge is 2.09. The normalized spacial score (nSPS) is 10.5. The van der Waals surface area contributed by atoms with E-state index in [1.54, 1.807) is 25.4 Å². The van der Waals surface area contributed by atoms with Crippen molar-refractivity contribution in [3.8, 4) is 22.9 Å². The first-order chi connectivity index (χ1) is 10.3. The van der Waals surface area contributed by atoms with Crippen LogP contribution in [0.3, 0.4) is 0 Å². The Morgan fingerprint density at radius 3 is 2.62 bits per heavy atom. The number of aromatic nitrogens is 2. The number of imidazole rings is 1. The van der Waals surface area contributed by atoms with Crippen LogP contribution < -0.4 is 4.74 Å². The molecule has 106 valence electrons. The summed E-state index contributed by atoms with van der Waals surface area (Å²) in [6, 6.07) is 15.0. The molecule has 0 aliphatic heterocycles. The van der Waals surface area contributed by atoms with Crippen LogP contribution in [0.25, 0.3) is 11.4 Å². The van der Waals surface area contributed by atoms with Crippen LogP contribution in [0.15, 0.2) is 60.9 Å². The van der Waals surface area contributed by atoms with Crippen LogP contribution in [-0.2, 0) is 6.54 Å². The predicted octanol–water partition coefficient (Wildman–Crippen LogP) is 3.31. The zero-order chi connectivity index (χ0) is 14.7. The lowest BCUT2D eigenvalue weighted by atomic mass is 10.1. The van der Waals surface area contributed by atoms with Crippen LogP contribution in [0.2, 0.25) is 0 Å². The van der Waals surface area contributed by atoms with E-state index in [2.05, 4.69) is 9.55 Å². The van der Waals surface area contributed by atoms with Gasteiger partial charge in [-0.15, -0.1) is 0 Å². The summed E-state index contributed by atoms with van der Waals surface area (Å²) < 4.78 is 7.45. The number of phenols is 1. The fourth-order valence-corrected chi connectivity index (χ4v) is 2.32. The van der Waals surface area contributed by atoms with Gasteiger partial charge in [0.25, 0.3) is 0 Å². The molecule has 0 aliphatic rings. The molecular weight excluding hydrogens is 264 g/mol. The van der Waals surface area contributed by atoms with Crippen LogP contribution in [0.5, 0.6) is 11.5 Å². The highest BCUT2D eigenvalue weighted by atomic mass is 16.5. The van der Waals surface area contributed by atoms with Crippen molar-refractivity contribution in [3.05, 3.63) is 66.5 Å². The minimum atomic E-state index is 0.251. The summed E-state index contributed by atoms with van der Waals surface area (Å²) in [6.45, 7) is 0.681. The van der Waals surface area contributed by atoms with Crippen LogP contribution >= 0.6 is 0 Å². The Kier molecular flexibility index (Phi) is 3.60. The Hall–Kier alpha value is -2.75. The average Bonchev–Trinajstić information content (AvgIpc) is 2.97. The zero-order valence-corrected chi connectivity index (χ0v) is 11.7. The van der Waals surface area contributed by atoms with Crippen molar-refractivity contribution in [1.82, 2.24) is 9.55 Å². The fraction of sp³-hybridized carbons (Fsp3) is 0.118. The van der Waals surface area contributed by atoms with E-state index >= 15 is 0 Å². The highest BCUT2D eigenvalue weighted by molar-refractivity contribution is 5.57. The molecule has 4 nitrogen and oxygen atoms in total. The molecule has 4 heteroatoms. The molecular formula is C17H16N2O2. The Labute approximate surface area is 123 Å². The number of para-hydroxylation sites is 1. The quantitative estimate of drug-likeness (QED) is 0.797. The van der Waals surface area contributed by atoms with Crippen LogP contribution in [-0.4, -0.2) is 21.8 Å². The zero-order valence-electron chi connectivity index (χ0n) is 11.7. The molecule has 3 aromatic rings. The van der Waals surface area contributed by atoms with Gasteiger partial charge in [0.15, 0.2) is 0 Å². The Morgan fingerprint density at radius 2 is 1.86 bits per heavy atom. The second-order valence-electron chi connectivity index (χ2n) is 4.74. The first-order valence-electron chi connectivity index (χ1n) is 6.70. The van der Waals surface area contributed by atoms with Gasteiger partial charge in [-0.2, -0.15) is 0 Å². The van der Waals surface area contributed by atoms with E-state index in [0.717, 1.165) is 22.7 Å². The van der Waals surface area contributed by atoms with Gasteiger partial charge >= 0.3 is 0 Å². The Balaban J connectivity index is 1.94. The summed E-state index contributed by atoms with van der Waals surface area (Å²) >= 11 is 0. The van der Waals surface area contributed by atoms with Crippen LogP contribution in [0, 0.1) is 0 Å². The minimum absolute atomic E-state index is 0.251. The molecule has 0 saturated carbocycles. The molecule has 1 heterocycles. The number of ether oxygens (including phenoxy) is 1. The van der Waals surface area contributed by atoms with E-state index in [4.69, 9.17) is 4.74 Å². The van der Waals surface area contributed by atoms with Gasteiger partial charge in [-0.25, -0.2) is 4.98 Å². The monoisotopic (exact) mass is 280 g/mol. The van der Waals surface area contributed by atoms with Gasteiger partial charge < -0.3 is 14.4 Å². The second-order valence-corrected chi connectivity index (χ2v) is 4.74. The molecule has 0 aliphatic carbocycles. The Bertz CT molecular complexity index is 733. The van der Waals surface area contributed by atoms with E-state index in [9.17, 15) is 5.11 Å². The lowest BCUT2D eigenvalue weighted by Gasteiger charge is -2.11. The van der Waals surface area contributed by atoms with Crippen molar-refractivity contribution in [2.24, 2.45) is 0 Å². The molecule has 1 N–H and O–H groups in total. The van der Waals surface area contributed by atoms with Crippen LogP contribution in [0.4, 0.5) is 0 Å². The first-order valence-corrected chi connectivity index (χ1v) is 6.70. The molecule has 2 aromatic carbocycles. The van der Waals surface area contributed by atoms with Gasteiger partial charge in [0.1, 0.15) is 17.3 Å². The van der Waals surface area contributed by atoms with E-state index < -0.39 is 0 Å². The molecule has 0 fully saturated rings. The maximum atomic E-state index is 9.38. The average molecular weight is 280 g/mol. The van der Waals surface area contributed by atoms with Crippen molar-refractivity contribution >= 4 is 0 Å². The third-order valence-corrected chi connectivity index (χ3v) is 3.37. The van der Waals surface area contributed by atoms with Crippen molar-refractivity contribution in [3.63, 3.8) is 0 Å². The molecule has 1 aromatic heterocycles. The van der Waals surface area contributed by atoms with Crippen molar-refractivity contribution in [1.29, 1.82) is 0 Å². The van der Waals surface area contributed by atoms with Gasteiger partial charge in [0.05, 0.1) is 13.7 Å². The lowest BCUT2D eigenvalue weighted by Crippen LogP contribution is -2.02. The molecule has 0 spiro atoms. The smallest absolute Gasteiger partial charge is 0.140 e. The Morgan fingerprint density at radius 1 is 1.10 bits per heavy atom. The number of nitrogens with zero attached hydrogens (tertiary/aromatic N) is 2. The number of methoxy groups -OCH3 is 1. The third-order valence-electron chi connectivity index (χ3n) is 3.37. The topological polar surface area (TPSA) is 47.3 Å². The highest BCUT2D eigenvalue weighted by Crippen LogP contribution is 2.24.